The molecule has 3 aromatic rings. The minimum Gasteiger partial charge on any atom is -0.353 e. The third kappa shape index (κ3) is 5.42. The number of sulfonamides is 1. The van der Waals surface area contributed by atoms with Crippen molar-refractivity contribution in [2.24, 2.45) is 5.92 Å². The molecule has 1 amide bonds. The van der Waals surface area contributed by atoms with Crippen molar-refractivity contribution in [1.82, 2.24) is 14.5 Å². The van der Waals surface area contributed by atoms with Crippen molar-refractivity contribution in [2.75, 3.05) is 26.2 Å². The monoisotopic (exact) mass is 491 g/mol. The minimum atomic E-state index is -3.68. The molecule has 2 fully saturated rings. The van der Waals surface area contributed by atoms with Gasteiger partial charge in [0.1, 0.15) is 0 Å². The van der Waals surface area contributed by atoms with Crippen LogP contribution in [0, 0.1) is 5.92 Å². The first kappa shape index (κ1) is 24.0. The van der Waals surface area contributed by atoms with E-state index in [1.165, 1.54) is 9.87 Å². The summed E-state index contributed by atoms with van der Waals surface area (Å²) in [5, 5.41) is 4.85. The maximum absolute atomic E-state index is 13.5. The Morgan fingerprint density at radius 3 is 2.37 bits per heavy atom. The molecule has 0 aromatic heterocycles. The topological polar surface area (TPSA) is 69.7 Å². The molecule has 1 atom stereocenters. The molecule has 0 aliphatic carbocycles. The molecular weight excluding hydrogens is 458 g/mol. The number of hydrogen-bond acceptors (Lipinski definition) is 4. The molecule has 0 spiro atoms. The lowest BCUT2D eigenvalue weighted by molar-refractivity contribution is -0.127. The second-order valence-corrected chi connectivity index (χ2v) is 11.6. The molecule has 7 heteroatoms. The van der Waals surface area contributed by atoms with E-state index in [1.807, 2.05) is 36.4 Å². The Labute approximate surface area is 208 Å². The number of carbonyl (C=O) groups is 1. The molecule has 5 rings (SSSR count). The van der Waals surface area contributed by atoms with Gasteiger partial charge in [-0.2, -0.15) is 4.31 Å². The summed E-state index contributed by atoms with van der Waals surface area (Å²) in [6.07, 6.45) is 3.25. The molecule has 2 heterocycles. The van der Waals surface area contributed by atoms with Crippen LogP contribution in [-0.2, 0) is 21.4 Å². The molecule has 184 valence electrons. The lowest BCUT2D eigenvalue weighted by atomic mass is 9.97. The lowest BCUT2D eigenvalue weighted by Crippen LogP contribution is -2.50. The number of nitrogens with one attached hydrogen (secondary N) is 1. The summed E-state index contributed by atoms with van der Waals surface area (Å²) in [5.74, 6) is -0.319. The van der Waals surface area contributed by atoms with Crippen molar-refractivity contribution in [1.29, 1.82) is 0 Å². The molecule has 0 radical (unpaired) electrons. The van der Waals surface area contributed by atoms with E-state index in [1.54, 1.807) is 12.1 Å². The molecule has 6 nitrogen and oxygen atoms in total. The van der Waals surface area contributed by atoms with Gasteiger partial charge in [0.15, 0.2) is 0 Å². The first-order chi connectivity index (χ1) is 17.0. The summed E-state index contributed by atoms with van der Waals surface area (Å²) in [5.41, 5.74) is 1.31. The number of rotatable bonds is 6. The van der Waals surface area contributed by atoms with Crippen LogP contribution in [0.15, 0.2) is 77.7 Å². The van der Waals surface area contributed by atoms with E-state index in [4.69, 9.17) is 0 Å². The molecule has 2 aliphatic heterocycles. The fourth-order valence-electron chi connectivity index (χ4n) is 5.33. The van der Waals surface area contributed by atoms with Crippen LogP contribution in [0.25, 0.3) is 10.8 Å². The van der Waals surface area contributed by atoms with Crippen molar-refractivity contribution in [3.8, 4) is 0 Å². The van der Waals surface area contributed by atoms with E-state index in [2.05, 4.69) is 34.5 Å². The van der Waals surface area contributed by atoms with Gasteiger partial charge < -0.3 is 5.32 Å². The van der Waals surface area contributed by atoms with Crippen LogP contribution in [0.2, 0.25) is 0 Å². The highest BCUT2D eigenvalue weighted by Gasteiger charge is 2.35. The van der Waals surface area contributed by atoms with E-state index in [0.29, 0.717) is 17.9 Å². The molecule has 2 saturated heterocycles. The van der Waals surface area contributed by atoms with Gasteiger partial charge in [-0.25, -0.2) is 8.42 Å². The Bertz CT molecular complexity index is 1270. The molecule has 0 unspecified atom stereocenters. The lowest BCUT2D eigenvalue weighted by Gasteiger charge is -2.35. The summed E-state index contributed by atoms with van der Waals surface area (Å²) in [7, 11) is -3.68. The van der Waals surface area contributed by atoms with Gasteiger partial charge in [-0.05, 0) is 42.7 Å². The highest BCUT2D eigenvalue weighted by atomic mass is 32.2. The number of fused-ring (bicyclic) bond motifs is 1. The van der Waals surface area contributed by atoms with Crippen molar-refractivity contribution in [3.05, 3.63) is 78.4 Å². The highest BCUT2D eigenvalue weighted by Crippen LogP contribution is 2.29. The van der Waals surface area contributed by atoms with Crippen molar-refractivity contribution < 1.29 is 13.2 Å². The molecule has 0 saturated carbocycles. The van der Waals surface area contributed by atoms with Gasteiger partial charge in [0, 0.05) is 44.2 Å². The van der Waals surface area contributed by atoms with Crippen LogP contribution in [0.4, 0.5) is 0 Å². The zero-order valence-corrected chi connectivity index (χ0v) is 20.8. The molecule has 3 aromatic carbocycles. The SMILES string of the molecule is O=C(NC1CCN(Cc2ccccc2)CC1)[C@@H]1CCCN(S(=O)(=O)c2cccc3ccccc23)C1. The van der Waals surface area contributed by atoms with Crippen LogP contribution in [-0.4, -0.2) is 55.8 Å². The van der Waals surface area contributed by atoms with Crippen molar-refractivity contribution in [2.45, 2.75) is 43.2 Å². The average Bonchev–Trinajstić information content (AvgIpc) is 2.90. The standard InChI is InChI=1S/C28H33N3O3S/c32-28(29-25-15-18-30(19-16-25)20-22-8-2-1-3-9-22)24-12-7-17-31(21-24)35(33,34)27-14-6-11-23-10-4-5-13-26(23)27/h1-6,8-11,13-14,24-25H,7,12,15-21H2,(H,29,32)/t24-/m1/s1. The van der Waals surface area contributed by atoms with Crippen molar-refractivity contribution in [3.63, 3.8) is 0 Å². The van der Waals surface area contributed by atoms with Gasteiger partial charge in [-0.15, -0.1) is 0 Å². The normalized spacial score (nSPS) is 20.6. The third-order valence-corrected chi connectivity index (χ3v) is 9.23. The Kier molecular flexibility index (Phi) is 7.18. The second kappa shape index (κ2) is 10.5. The van der Waals surface area contributed by atoms with E-state index >= 15 is 0 Å². The number of carbonyl (C=O) groups excluding carboxylic acids is 1. The number of amides is 1. The number of piperidine rings is 2. The summed E-state index contributed by atoms with van der Waals surface area (Å²) in [6, 6.07) is 23.5. The third-order valence-electron chi connectivity index (χ3n) is 7.31. The maximum atomic E-state index is 13.5. The fourth-order valence-corrected chi connectivity index (χ4v) is 7.07. The van der Waals surface area contributed by atoms with Crippen molar-refractivity contribution >= 4 is 26.7 Å². The van der Waals surface area contributed by atoms with E-state index < -0.39 is 10.0 Å². The highest BCUT2D eigenvalue weighted by molar-refractivity contribution is 7.89. The Morgan fingerprint density at radius 1 is 0.857 bits per heavy atom. The van der Waals surface area contributed by atoms with E-state index in [9.17, 15) is 13.2 Å². The molecule has 35 heavy (non-hydrogen) atoms. The molecule has 2 aliphatic rings. The Morgan fingerprint density at radius 2 is 1.57 bits per heavy atom. The zero-order valence-electron chi connectivity index (χ0n) is 20.0. The number of hydrogen-bond donors (Lipinski definition) is 1. The van der Waals surface area contributed by atoms with Gasteiger partial charge in [0.05, 0.1) is 10.8 Å². The van der Waals surface area contributed by atoms with E-state index in [0.717, 1.165) is 49.7 Å². The number of likely N-dealkylation sites (tertiary alicyclic amines) is 1. The summed E-state index contributed by atoms with van der Waals surface area (Å²) >= 11 is 0. The first-order valence-electron chi connectivity index (χ1n) is 12.6. The number of benzene rings is 3. The Balaban J connectivity index is 1.19. The van der Waals surface area contributed by atoms with Gasteiger partial charge >= 0.3 is 0 Å². The predicted octanol–water partition coefficient (Wildman–Crippen LogP) is 4.02. The first-order valence-corrected chi connectivity index (χ1v) is 14.0. The maximum Gasteiger partial charge on any atom is 0.243 e. The molecule has 1 N–H and O–H groups in total. The summed E-state index contributed by atoms with van der Waals surface area (Å²) in [4.78, 5) is 15.9. The summed E-state index contributed by atoms with van der Waals surface area (Å²) < 4.78 is 28.6. The van der Waals surface area contributed by atoms with Crippen LogP contribution in [0.5, 0.6) is 0 Å². The smallest absolute Gasteiger partial charge is 0.243 e. The molecule has 0 bridgehead atoms. The molecular formula is C28H33N3O3S. The van der Waals surface area contributed by atoms with Crippen LogP contribution in [0.3, 0.4) is 0 Å². The largest absolute Gasteiger partial charge is 0.353 e. The second-order valence-electron chi connectivity index (χ2n) is 9.72. The van der Waals surface area contributed by atoms with Gasteiger partial charge in [-0.3, -0.25) is 9.69 Å². The number of nitrogens with zero attached hydrogens (tertiary/aromatic N) is 2. The van der Waals surface area contributed by atoms with Crippen LogP contribution in [0.1, 0.15) is 31.2 Å². The summed E-state index contributed by atoms with van der Waals surface area (Å²) in [6.45, 7) is 3.53. The quantitative estimate of drug-likeness (QED) is 0.566. The van der Waals surface area contributed by atoms with Crippen LogP contribution < -0.4 is 5.32 Å². The van der Waals surface area contributed by atoms with Gasteiger partial charge in [0.25, 0.3) is 0 Å². The van der Waals surface area contributed by atoms with Gasteiger partial charge in [-0.1, -0.05) is 66.7 Å². The zero-order chi connectivity index (χ0) is 24.3. The minimum absolute atomic E-state index is 0.00988. The Hall–Kier alpha value is -2.74. The van der Waals surface area contributed by atoms with Gasteiger partial charge in [0.2, 0.25) is 15.9 Å². The van der Waals surface area contributed by atoms with E-state index in [-0.39, 0.29) is 24.4 Å². The van der Waals surface area contributed by atoms with Crippen LogP contribution >= 0.6 is 0 Å². The average molecular weight is 492 g/mol. The fraction of sp³-hybridized carbons (Fsp3) is 0.393. The predicted molar refractivity (Wildman–Crippen MR) is 138 cm³/mol.